The second-order valence-electron chi connectivity index (χ2n) is 11.2. The molecule has 3 N–H and O–H groups in total. The first-order valence-electron chi connectivity index (χ1n) is 14.7. The fraction of sp³-hybridized carbons (Fsp3) is 0.333. The molecule has 17 heteroatoms. The van der Waals surface area contributed by atoms with Crippen LogP contribution in [0.5, 0.6) is 11.5 Å². The molecule has 3 amide bonds. The molecule has 0 aliphatic rings. The van der Waals surface area contributed by atoms with Gasteiger partial charge in [0.2, 0.25) is 11.7 Å². The molecule has 3 aromatic rings. The summed E-state index contributed by atoms with van der Waals surface area (Å²) in [7, 11) is 1.38. The Hall–Kier alpha value is -4.14. The Kier molecular flexibility index (Phi) is 13.8. The van der Waals surface area contributed by atoms with Crippen LogP contribution in [0.1, 0.15) is 31.0 Å². The fourth-order valence-electron chi connectivity index (χ4n) is 4.53. The normalized spacial score (nSPS) is 13.5. The smallest absolute Gasteiger partial charge is 0.405 e. The molecule has 9 nitrogen and oxygen atoms in total. The Balaban J connectivity index is 1.97. The molecular formula is C33H31Cl3F5N3O6. The molecule has 0 aromatic heterocycles. The molecule has 0 saturated carbocycles. The average Bonchev–Trinajstić information content (AvgIpc) is 3.03. The average molecular weight is 767 g/mol. The van der Waals surface area contributed by atoms with Crippen molar-refractivity contribution in [2.45, 2.75) is 50.6 Å². The van der Waals surface area contributed by atoms with E-state index in [1.165, 1.54) is 63.4 Å². The summed E-state index contributed by atoms with van der Waals surface area (Å²) in [5.74, 6) is -12.3. The minimum Gasteiger partial charge on any atom is -0.497 e. The third kappa shape index (κ3) is 11.5. The Morgan fingerprint density at radius 2 is 1.40 bits per heavy atom. The molecule has 3 atom stereocenters. The van der Waals surface area contributed by atoms with Gasteiger partial charge in [0.15, 0.2) is 6.10 Å². The van der Waals surface area contributed by atoms with Gasteiger partial charge in [-0.2, -0.15) is 22.0 Å². The Bertz CT molecular complexity index is 1670. The van der Waals surface area contributed by atoms with Gasteiger partial charge in [-0.25, -0.2) is 0 Å². The molecule has 3 unspecified atom stereocenters. The fourth-order valence-corrected chi connectivity index (χ4v) is 5.25. The number of methoxy groups -OCH3 is 1. The van der Waals surface area contributed by atoms with E-state index in [0.717, 1.165) is 5.32 Å². The number of hydrogen-bond acceptors (Lipinski definition) is 6. The summed E-state index contributed by atoms with van der Waals surface area (Å²) in [4.78, 5) is 52.6. The molecule has 50 heavy (non-hydrogen) atoms. The maximum Gasteiger partial charge on any atom is 0.405 e. The van der Waals surface area contributed by atoms with E-state index < -0.39 is 66.3 Å². The third-order valence-electron chi connectivity index (χ3n) is 7.01. The summed E-state index contributed by atoms with van der Waals surface area (Å²) < 4.78 is 78.5. The monoisotopic (exact) mass is 765 g/mol. The van der Waals surface area contributed by atoms with Crippen molar-refractivity contribution < 1.29 is 50.6 Å². The number of benzene rings is 3. The van der Waals surface area contributed by atoms with E-state index in [9.17, 15) is 41.1 Å². The maximum absolute atomic E-state index is 14.9. The van der Waals surface area contributed by atoms with Crippen LogP contribution in [-0.2, 0) is 25.6 Å². The molecule has 0 spiro atoms. The molecule has 0 saturated heterocycles. The minimum absolute atomic E-state index is 0.0895. The molecule has 0 radical (unpaired) electrons. The van der Waals surface area contributed by atoms with E-state index in [1.807, 2.05) is 0 Å². The number of amides is 3. The number of carbonyl (C=O) groups is 4. The van der Waals surface area contributed by atoms with Gasteiger partial charge >= 0.3 is 12.1 Å². The van der Waals surface area contributed by atoms with Crippen molar-refractivity contribution in [2.24, 2.45) is 5.92 Å². The second-order valence-corrected chi connectivity index (χ2v) is 12.5. The van der Waals surface area contributed by atoms with Crippen LogP contribution < -0.4 is 25.4 Å². The van der Waals surface area contributed by atoms with Crippen LogP contribution in [0, 0.1) is 5.92 Å². The molecule has 0 fully saturated rings. The van der Waals surface area contributed by atoms with Crippen LogP contribution in [0.15, 0.2) is 66.7 Å². The lowest BCUT2D eigenvalue weighted by Crippen LogP contribution is -2.58. The Morgan fingerprint density at radius 3 is 1.94 bits per heavy atom. The lowest BCUT2D eigenvalue weighted by molar-refractivity contribution is -0.165. The zero-order valence-corrected chi connectivity index (χ0v) is 28.8. The second kappa shape index (κ2) is 17.2. The minimum atomic E-state index is -5.03. The SMILES string of the molecule is COc1ccc(C(NC(=O)C(Cc2cccc(Cl)c2)Oc2cc(Cl)cc(Cl)c2)C(=O)NC(C(=O)C(F)(F)C(=O)NCC(F)(F)F)C(C)C)cc1. The molecule has 0 heterocycles. The van der Waals surface area contributed by atoms with E-state index in [1.54, 1.807) is 24.3 Å². The molecule has 0 aliphatic carbocycles. The number of alkyl halides is 5. The number of nitrogens with one attached hydrogen (secondary N) is 3. The zero-order valence-electron chi connectivity index (χ0n) is 26.5. The molecular weight excluding hydrogens is 736 g/mol. The van der Waals surface area contributed by atoms with Crippen molar-refractivity contribution in [3.8, 4) is 11.5 Å². The van der Waals surface area contributed by atoms with Gasteiger partial charge in [-0.1, -0.05) is 72.9 Å². The predicted octanol–water partition coefficient (Wildman–Crippen LogP) is 6.53. The van der Waals surface area contributed by atoms with E-state index in [4.69, 9.17) is 44.3 Å². The summed E-state index contributed by atoms with van der Waals surface area (Å²) in [5.41, 5.74) is 0.654. The first-order chi connectivity index (χ1) is 23.3. The molecule has 270 valence electrons. The lowest BCUT2D eigenvalue weighted by atomic mass is 9.94. The highest BCUT2D eigenvalue weighted by atomic mass is 35.5. The van der Waals surface area contributed by atoms with Gasteiger partial charge in [-0.05, 0) is 59.5 Å². The summed E-state index contributed by atoms with van der Waals surface area (Å²) in [6.45, 7) is 0.412. The first-order valence-corrected chi connectivity index (χ1v) is 15.8. The van der Waals surface area contributed by atoms with Gasteiger partial charge < -0.3 is 25.4 Å². The number of hydrogen-bond donors (Lipinski definition) is 3. The van der Waals surface area contributed by atoms with Crippen molar-refractivity contribution in [1.82, 2.24) is 16.0 Å². The lowest BCUT2D eigenvalue weighted by Gasteiger charge is -2.28. The Morgan fingerprint density at radius 1 is 0.780 bits per heavy atom. The van der Waals surface area contributed by atoms with Crippen LogP contribution in [0.2, 0.25) is 15.1 Å². The highest BCUT2D eigenvalue weighted by molar-refractivity contribution is 6.34. The van der Waals surface area contributed by atoms with Crippen molar-refractivity contribution in [1.29, 1.82) is 0 Å². The van der Waals surface area contributed by atoms with Crippen molar-refractivity contribution >= 4 is 58.3 Å². The first kappa shape index (κ1) is 40.3. The summed E-state index contributed by atoms with van der Waals surface area (Å²) in [6.07, 6.45) is -6.50. The topological polar surface area (TPSA) is 123 Å². The third-order valence-corrected chi connectivity index (χ3v) is 7.68. The summed E-state index contributed by atoms with van der Waals surface area (Å²) in [6, 6.07) is 12.6. The van der Waals surface area contributed by atoms with Crippen LogP contribution in [-0.4, -0.2) is 61.4 Å². The summed E-state index contributed by atoms with van der Waals surface area (Å²) in [5, 5.41) is 6.38. The van der Waals surface area contributed by atoms with Gasteiger partial charge in [-0.3, -0.25) is 19.2 Å². The van der Waals surface area contributed by atoms with E-state index in [0.29, 0.717) is 16.3 Å². The molecule has 3 aromatic carbocycles. The summed E-state index contributed by atoms with van der Waals surface area (Å²) >= 11 is 18.4. The van der Waals surface area contributed by atoms with Crippen LogP contribution in [0.4, 0.5) is 22.0 Å². The number of carbonyl (C=O) groups excluding carboxylic acids is 4. The van der Waals surface area contributed by atoms with Crippen molar-refractivity contribution in [2.75, 3.05) is 13.7 Å². The number of Topliss-reactive ketones (excluding diaryl/α,β-unsaturated/α-hetero) is 1. The predicted molar refractivity (Wildman–Crippen MR) is 176 cm³/mol. The Labute approximate surface area is 298 Å². The molecule has 0 aliphatic heterocycles. The van der Waals surface area contributed by atoms with Crippen LogP contribution in [0.3, 0.4) is 0 Å². The largest absolute Gasteiger partial charge is 0.497 e. The number of rotatable bonds is 15. The van der Waals surface area contributed by atoms with E-state index in [-0.39, 0.29) is 27.8 Å². The van der Waals surface area contributed by atoms with Gasteiger partial charge in [0.1, 0.15) is 24.1 Å². The maximum atomic E-state index is 14.9. The van der Waals surface area contributed by atoms with Crippen LogP contribution >= 0.6 is 34.8 Å². The van der Waals surface area contributed by atoms with E-state index >= 15 is 0 Å². The standard InChI is InChI=1S/C33H31Cl3F5N3O6/c1-17(2)26(28(45)33(40,41)31(48)42-16-32(37,38)39)43-30(47)27(19-7-9-23(49-3)10-8-19)44-29(46)25(12-18-5-4-6-20(34)11-18)50-24-14-21(35)13-22(36)15-24/h4-11,13-15,17,25-27H,12,16H2,1-3H3,(H,42,48)(H,43,47)(H,44,46). The van der Waals surface area contributed by atoms with Gasteiger partial charge in [-0.15, -0.1) is 0 Å². The van der Waals surface area contributed by atoms with Gasteiger partial charge in [0, 0.05) is 21.5 Å². The van der Waals surface area contributed by atoms with Crippen LogP contribution in [0.25, 0.3) is 0 Å². The van der Waals surface area contributed by atoms with E-state index in [2.05, 4.69) is 10.6 Å². The highest BCUT2D eigenvalue weighted by Gasteiger charge is 2.52. The van der Waals surface area contributed by atoms with Gasteiger partial charge in [0.25, 0.3) is 11.8 Å². The van der Waals surface area contributed by atoms with Crippen molar-refractivity contribution in [3.63, 3.8) is 0 Å². The zero-order chi connectivity index (χ0) is 37.4. The molecule has 0 bridgehead atoms. The number of ether oxygens (including phenoxy) is 2. The quantitative estimate of drug-likeness (QED) is 0.120. The van der Waals surface area contributed by atoms with Crippen molar-refractivity contribution in [3.05, 3.63) is 92.9 Å². The molecule has 3 rings (SSSR count). The highest BCUT2D eigenvalue weighted by Crippen LogP contribution is 2.27. The van der Waals surface area contributed by atoms with Gasteiger partial charge in [0.05, 0.1) is 13.2 Å². The number of ketones is 1. The number of halogens is 8.